The van der Waals surface area contributed by atoms with Crippen molar-refractivity contribution < 1.29 is 23.1 Å². The second kappa shape index (κ2) is 1.95. The van der Waals surface area contributed by atoms with E-state index in [1.807, 2.05) is 0 Å². The summed E-state index contributed by atoms with van der Waals surface area (Å²) in [6.07, 6.45) is -0.904. The van der Waals surface area contributed by atoms with Gasteiger partial charge in [-0.05, 0) is 13.8 Å². The summed E-state index contributed by atoms with van der Waals surface area (Å²) in [5.74, 6) is -5.17. The molecule has 0 aromatic heterocycles. The standard InChI is InChI=1S/C7H9F3O2/c1-5(2,8)6(4(11)12)3-7(6,9)10/h3H2,1-2H3,(H,11,12). The van der Waals surface area contributed by atoms with Crippen LogP contribution < -0.4 is 0 Å². The lowest BCUT2D eigenvalue weighted by Crippen LogP contribution is -2.39. The first-order valence-corrected chi connectivity index (χ1v) is 3.45. The fourth-order valence-electron chi connectivity index (χ4n) is 1.42. The van der Waals surface area contributed by atoms with Gasteiger partial charge in [0.15, 0.2) is 5.41 Å². The SMILES string of the molecule is CC(C)(F)C1(C(=O)O)CC1(F)F. The Morgan fingerprint density at radius 3 is 1.83 bits per heavy atom. The third-order valence-corrected chi connectivity index (χ3v) is 2.37. The highest BCUT2D eigenvalue weighted by Crippen LogP contribution is 2.67. The van der Waals surface area contributed by atoms with Gasteiger partial charge >= 0.3 is 5.97 Å². The highest BCUT2D eigenvalue weighted by molar-refractivity contribution is 5.82. The maximum absolute atomic E-state index is 13.1. The van der Waals surface area contributed by atoms with Crippen molar-refractivity contribution in [3.8, 4) is 0 Å². The number of hydrogen-bond acceptors (Lipinski definition) is 1. The van der Waals surface area contributed by atoms with E-state index in [-0.39, 0.29) is 0 Å². The first-order chi connectivity index (χ1) is 5.15. The molecule has 1 fully saturated rings. The molecule has 1 aliphatic rings. The van der Waals surface area contributed by atoms with E-state index in [0.29, 0.717) is 0 Å². The third-order valence-electron chi connectivity index (χ3n) is 2.37. The van der Waals surface area contributed by atoms with E-state index >= 15 is 0 Å². The number of carbonyl (C=O) groups is 1. The molecule has 1 aliphatic carbocycles. The van der Waals surface area contributed by atoms with Crippen LogP contribution in [0, 0.1) is 5.41 Å². The lowest BCUT2D eigenvalue weighted by atomic mass is 9.89. The van der Waals surface area contributed by atoms with Crippen LogP contribution in [0.4, 0.5) is 13.2 Å². The number of carboxylic acid groups (broad SMARTS) is 1. The van der Waals surface area contributed by atoms with Gasteiger partial charge in [-0.15, -0.1) is 0 Å². The van der Waals surface area contributed by atoms with Crippen LogP contribution in [0.1, 0.15) is 20.3 Å². The van der Waals surface area contributed by atoms with Gasteiger partial charge in [-0.3, -0.25) is 4.79 Å². The van der Waals surface area contributed by atoms with Gasteiger partial charge in [0.1, 0.15) is 5.67 Å². The minimum atomic E-state index is -3.41. The Morgan fingerprint density at radius 2 is 1.83 bits per heavy atom. The molecular formula is C7H9F3O2. The molecule has 1 saturated carbocycles. The van der Waals surface area contributed by atoms with Crippen molar-refractivity contribution in [2.75, 3.05) is 0 Å². The summed E-state index contributed by atoms with van der Waals surface area (Å²) >= 11 is 0. The van der Waals surface area contributed by atoms with Gasteiger partial charge in [-0.25, -0.2) is 13.2 Å². The van der Waals surface area contributed by atoms with Crippen molar-refractivity contribution in [3.63, 3.8) is 0 Å². The molecule has 0 spiro atoms. The topological polar surface area (TPSA) is 37.3 Å². The van der Waals surface area contributed by atoms with Crippen molar-refractivity contribution in [3.05, 3.63) is 0 Å². The molecule has 0 radical (unpaired) electrons. The van der Waals surface area contributed by atoms with Gasteiger partial charge in [-0.1, -0.05) is 0 Å². The minimum absolute atomic E-state index is 0.863. The number of hydrogen-bond donors (Lipinski definition) is 1. The molecule has 0 heterocycles. The van der Waals surface area contributed by atoms with Gasteiger partial charge in [0, 0.05) is 6.42 Å². The summed E-state index contributed by atoms with van der Waals surface area (Å²) in [6.45, 7) is 1.73. The van der Waals surface area contributed by atoms with E-state index < -0.39 is 29.4 Å². The number of halogens is 3. The molecule has 70 valence electrons. The Hall–Kier alpha value is -0.740. The number of rotatable bonds is 2. The van der Waals surface area contributed by atoms with Gasteiger partial charge in [0.05, 0.1) is 0 Å². The van der Waals surface area contributed by atoms with E-state index in [2.05, 4.69) is 0 Å². The normalized spacial score (nSPS) is 33.1. The van der Waals surface area contributed by atoms with Crippen molar-refractivity contribution >= 4 is 5.97 Å². The molecule has 0 saturated heterocycles. The molecule has 2 nitrogen and oxygen atoms in total. The van der Waals surface area contributed by atoms with Crippen molar-refractivity contribution in [2.45, 2.75) is 31.9 Å². The van der Waals surface area contributed by atoms with Crippen molar-refractivity contribution in [1.29, 1.82) is 0 Å². The fraction of sp³-hybridized carbons (Fsp3) is 0.857. The lowest BCUT2D eigenvalue weighted by molar-refractivity contribution is -0.155. The largest absolute Gasteiger partial charge is 0.481 e. The van der Waals surface area contributed by atoms with Crippen LogP contribution in [-0.2, 0) is 4.79 Å². The summed E-state index contributed by atoms with van der Waals surface area (Å²) in [5, 5.41) is 8.46. The Morgan fingerprint density at radius 1 is 1.50 bits per heavy atom. The average molecular weight is 182 g/mol. The average Bonchev–Trinajstić information content (AvgIpc) is 2.33. The molecule has 0 amide bonds. The van der Waals surface area contributed by atoms with Crippen LogP contribution in [0.2, 0.25) is 0 Å². The summed E-state index contributed by atoms with van der Waals surface area (Å²) < 4.78 is 38.3. The van der Waals surface area contributed by atoms with Crippen LogP contribution in [-0.4, -0.2) is 22.7 Å². The molecule has 1 N–H and O–H groups in total. The monoisotopic (exact) mass is 182 g/mol. The van der Waals surface area contributed by atoms with E-state index in [9.17, 15) is 18.0 Å². The predicted octanol–water partition coefficient (Wildman–Crippen LogP) is 1.84. The van der Waals surface area contributed by atoms with Crippen molar-refractivity contribution in [2.24, 2.45) is 5.41 Å². The van der Waals surface area contributed by atoms with Gasteiger partial charge in [-0.2, -0.15) is 0 Å². The maximum atomic E-state index is 13.1. The minimum Gasteiger partial charge on any atom is -0.481 e. The zero-order valence-electron chi connectivity index (χ0n) is 6.70. The second-order valence-corrected chi connectivity index (χ2v) is 3.56. The lowest BCUT2D eigenvalue weighted by Gasteiger charge is -2.22. The van der Waals surface area contributed by atoms with Crippen LogP contribution in [0.5, 0.6) is 0 Å². The number of carboxylic acids is 1. The van der Waals surface area contributed by atoms with E-state index in [1.54, 1.807) is 0 Å². The van der Waals surface area contributed by atoms with Gasteiger partial charge < -0.3 is 5.11 Å². The van der Waals surface area contributed by atoms with Crippen molar-refractivity contribution in [1.82, 2.24) is 0 Å². The molecule has 1 atom stereocenters. The van der Waals surface area contributed by atoms with E-state index in [1.165, 1.54) is 0 Å². The first-order valence-electron chi connectivity index (χ1n) is 3.45. The third kappa shape index (κ3) is 0.850. The molecule has 12 heavy (non-hydrogen) atoms. The molecule has 1 rings (SSSR count). The predicted molar refractivity (Wildman–Crippen MR) is 34.8 cm³/mol. The second-order valence-electron chi connectivity index (χ2n) is 3.56. The molecular weight excluding hydrogens is 173 g/mol. The van der Waals surface area contributed by atoms with Crippen LogP contribution in [0.15, 0.2) is 0 Å². The Kier molecular flexibility index (Phi) is 1.52. The maximum Gasteiger partial charge on any atom is 0.319 e. The highest BCUT2D eigenvalue weighted by Gasteiger charge is 2.83. The molecule has 1 unspecified atom stereocenters. The summed E-state index contributed by atoms with van der Waals surface area (Å²) in [4.78, 5) is 10.4. The number of alkyl halides is 3. The Bertz CT molecular complexity index is 231. The molecule has 0 aromatic rings. The Balaban J connectivity index is 3.03. The van der Waals surface area contributed by atoms with E-state index in [0.717, 1.165) is 13.8 Å². The summed E-state index contributed by atoms with van der Waals surface area (Å²) in [5.41, 5.74) is -4.89. The Labute approximate surface area is 67.4 Å². The highest BCUT2D eigenvalue weighted by atomic mass is 19.3. The summed E-state index contributed by atoms with van der Waals surface area (Å²) in [6, 6.07) is 0. The zero-order valence-corrected chi connectivity index (χ0v) is 6.70. The van der Waals surface area contributed by atoms with Crippen LogP contribution in [0.25, 0.3) is 0 Å². The molecule has 5 heteroatoms. The van der Waals surface area contributed by atoms with Gasteiger partial charge in [0.25, 0.3) is 5.92 Å². The van der Waals surface area contributed by atoms with Gasteiger partial charge in [0.2, 0.25) is 0 Å². The zero-order chi connectivity index (χ0) is 9.78. The number of aliphatic carboxylic acids is 1. The molecule has 0 bridgehead atoms. The van der Waals surface area contributed by atoms with E-state index in [4.69, 9.17) is 5.11 Å². The molecule has 0 aliphatic heterocycles. The van der Waals surface area contributed by atoms with Crippen LogP contribution >= 0.6 is 0 Å². The first kappa shape index (κ1) is 9.35. The van der Waals surface area contributed by atoms with Crippen LogP contribution in [0.3, 0.4) is 0 Å². The smallest absolute Gasteiger partial charge is 0.319 e. The fourth-order valence-corrected chi connectivity index (χ4v) is 1.42. The summed E-state index contributed by atoms with van der Waals surface area (Å²) in [7, 11) is 0. The molecule has 0 aromatic carbocycles. The quantitative estimate of drug-likeness (QED) is 0.707.